The summed E-state index contributed by atoms with van der Waals surface area (Å²) in [4.78, 5) is 0. The fourth-order valence-electron chi connectivity index (χ4n) is 2.95. The van der Waals surface area contributed by atoms with Crippen LogP contribution >= 0.6 is 0 Å². The summed E-state index contributed by atoms with van der Waals surface area (Å²) in [5.74, 6) is 0.431. The van der Waals surface area contributed by atoms with Gasteiger partial charge in [0, 0.05) is 13.0 Å². The van der Waals surface area contributed by atoms with Crippen molar-refractivity contribution in [1.29, 1.82) is 0 Å². The summed E-state index contributed by atoms with van der Waals surface area (Å²) in [6.07, 6.45) is 3.74. The monoisotopic (exact) mass is 246 g/mol. The van der Waals surface area contributed by atoms with Gasteiger partial charge in [0.25, 0.3) is 0 Å². The van der Waals surface area contributed by atoms with Gasteiger partial charge in [-0.05, 0) is 39.0 Å². The largest absolute Gasteiger partial charge is 0.356 e. The predicted octanol–water partition coefficient (Wildman–Crippen LogP) is 4.08. The van der Waals surface area contributed by atoms with Crippen molar-refractivity contribution in [2.75, 3.05) is 13.4 Å². The van der Waals surface area contributed by atoms with Crippen LogP contribution in [0, 0.1) is 5.92 Å². The smallest absolute Gasteiger partial charge is 0.147 e. The first kappa shape index (κ1) is 14.9. The fraction of sp³-hybridized carbons (Fsp3) is 1.00. The number of alkyl halides is 1. The predicted molar refractivity (Wildman–Crippen MR) is 67.7 cm³/mol. The molecule has 102 valence electrons. The first-order valence-electron chi connectivity index (χ1n) is 6.87. The summed E-state index contributed by atoms with van der Waals surface area (Å²) in [6.45, 7) is 8.95. The zero-order chi connectivity index (χ0) is 12.9. The maximum absolute atomic E-state index is 14.6. The highest BCUT2D eigenvalue weighted by Crippen LogP contribution is 2.45. The van der Waals surface area contributed by atoms with E-state index < -0.39 is 5.67 Å². The molecule has 1 aliphatic rings. The van der Waals surface area contributed by atoms with Gasteiger partial charge in [-0.2, -0.15) is 0 Å². The second kappa shape index (κ2) is 6.14. The van der Waals surface area contributed by atoms with Crippen LogP contribution < -0.4 is 0 Å². The first-order chi connectivity index (χ1) is 7.97. The maximum Gasteiger partial charge on any atom is 0.147 e. The lowest BCUT2D eigenvalue weighted by Crippen LogP contribution is -2.46. The van der Waals surface area contributed by atoms with Crippen LogP contribution in [0.3, 0.4) is 0 Å². The van der Waals surface area contributed by atoms with Crippen LogP contribution in [0.15, 0.2) is 0 Å². The fourth-order valence-corrected chi connectivity index (χ4v) is 2.95. The van der Waals surface area contributed by atoms with E-state index in [1.54, 1.807) is 0 Å². The van der Waals surface area contributed by atoms with E-state index in [9.17, 15) is 4.39 Å². The molecule has 0 spiro atoms. The number of rotatable bonds is 6. The molecule has 1 aliphatic carbocycles. The minimum absolute atomic E-state index is 0.281. The van der Waals surface area contributed by atoms with E-state index in [-0.39, 0.29) is 12.4 Å². The third-order valence-corrected chi connectivity index (χ3v) is 3.97. The highest BCUT2D eigenvalue weighted by atomic mass is 19.1. The molecule has 0 aliphatic heterocycles. The third kappa shape index (κ3) is 4.22. The van der Waals surface area contributed by atoms with Crippen LogP contribution in [0.4, 0.5) is 4.39 Å². The van der Waals surface area contributed by atoms with Crippen molar-refractivity contribution in [3.05, 3.63) is 0 Å². The van der Waals surface area contributed by atoms with Crippen LogP contribution in [-0.2, 0) is 9.47 Å². The van der Waals surface area contributed by atoms with Gasteiger partial charge >= 0.3 is 0 Å². The van der Waals surface area contributed by atoms with Crippen LogP contribution in [0.25, 0.3) is 0 Å². The molecule has 0 aromatic rings. The van der Waals surface area contributed by atoms with Crippen LogP contribution in [0.5, 0.6) is 0 Å². The molecule has 3 heteroatoms. The average Bonchev–Trinajstić information content (AvgIpc) is 2.28. The Balaban J connectivity index is 2.63. The van der Waals surface area contributed by atoms with E-state index in [4.69, 9.17) is 9.47 Å². The number of halogens is 1. The van der Waals surface area contributed by atoms with Gasteiger partial charge in [-0.1, -0.05) is 20.3 Å². The Labute approximate surface area is 105 Å². The molecule has 17 heavy (non-hydrogen) atoms. The quantitative estimate of drug-likeness (QED) is 0.519. The molecule has 0 aromatic heterocycles. The Hall–Kier alpha value is -0.150. The average molecular weight is 246 g/mol. The maximum atomic E-state index is 14.6. The van der Waals surface area contributed by atoms with E-state index in [0.29, 0.717) is 31.8 Å². The molecule has 0 radical (unpaired) electrons. The Bertz CT molecular complexity index is 234. The minimum atomic E-state index is -1.06. The molecule has 0 saturated heterocycles. The zero-order valence-electron chi connectivity index (χ0n) is 11.7. The highest BCUT2D eigenvalue weighted by Gasteiger charge is 2.45. The van der Waals surface area contributed by atoms with Gasteiger partial charge < -0.3 is 9.47 Å². The van der Waals surface area contributed by atoms with Gasteiger partial charge in [-0.25, -0.2) is 4.39 Å². The lowest BCUT2D eigenvalue weighted by Gasteiger charge is -2.45. The summed E-state index contributed by atoms with van der Waals surface area (Å²) < 4.78 is 25.6. The van der Waals surface area contributed by atoms with Crippen molar-refractivity contribution in [2.45, 2.75) is 71.1 Å². The Kier molecular flexibility index (Phi) is 5.39. The summed E-state index contributed by atoms with van der Waals surface area (Å²) in [6, 6.07) is 0. The summed E-state index contributed by atoms with van der Waals surface area (Å²) in [7, 11) is 0. The van der Waals surface area contributed by atoms with Crippen LogP contribution in [-0.4, -0.2) is 24.7 Å². The summed E-state index contributed by atoms with van der Waals surface area (Å²) in [5, 5.41) is 0. The van der Waals surface area contributed by atoms with Crippen molar-refractivity contribution >= 4 is 0 Å². The van der Waals surface area contributed by atoms with E-state index in [2.05, 4.69) is 6.92 Å². The first-order valence-corrected chi connectivity index (χ1v) is 6.87. The molecule has 1 fully saturated rings. The third-order valence-electron chi connectivity index (χ3n) is 3.97. The zero-order valence-corrected chi connectivity index (χ0v) is 11.7. The highest BCUT2D eigenvalue weighted by molar-refractivity contribution is 4.96. The Morgan fingerprint density at radius 3 is 2.47 bits per heavy atom. The molecule has 2 nitrogen and oxygen atoms in total. The molecule has 0 aromatic carbocycles. The van der Waals surface area contributed by atoms with Gasteiger partial charge in [-0.15, -0.1) is 0 Å². The SMILES string of the molecule is CCOCOC1(C)CC(CC)CC(F)(CC)C1. The van der Waals surface area contributed by atoms with E-state index >= 15 is 0 Å². The van der Waals surface area contributed by atoms with E-state index in [1.165, 1.54) is 0 Å². The second-order valence-corrected chi connectivity index (χ2v) is 5.57. The lowest BCUT2D eigenvalue weighted by atomic mass is 9.69. The molecule has 0 heterocycles. The van der Waals surface area contributed by atoms with Crippen LogP contribution in [0.1, 0.15) is 59.8 Å². The standard InChI is InChI=1S/C14H27FO2/c1-5-12-8-13(4,17-11-16-7-3)10-14(15,6-2)9-12/h12H,5-11H2,1-4H3. The van der Waals surface area contributed by atoms with Gasteiger partial charge in [0.2, 0.25) is 0 Å². The van der Waals surface area contributed by atoms with E-state index in [1.807, 2.05) is 20.8 Å². The molecule has 1 saturated carbocycles. The Morgan fingerprint density at radius 2 is 1.94 bits per heavy atom. The van der Waals surface area contributed by atoms with Gasteiger partial charge in [0.1, 0.15) is 12.5 Å². The van der Waals surface area contributed by atoms with Crippen molar-refractivity contribution in [2.24, 2.45) is 5.92 Å². The van der Waals surface area contributed by atoms with Gasteiger partial charge in [0.05, 0.1) is 5.60 Å². The molecular formula is C14H27FO2. The topological polar surface area (TPSA) is 18.5 Å². The number of ether oxygens (including phenoxy) is 2. The van der Waals surface area contributed by atoms with Crippen LogP contribution in [0.2, 0.25) is 0 Å². The lowest BCUT2D eigenvalue weighted by molar-refractivity contribution is -0.175. The molecule has 3 atom stereocenters. The molecule has 0 N–H and O–H groups in total. The number of hydrogen-bond acceptors (Lipinski definition) is 2. The van der Waals surface area contributed by atoms with Crippen molar-refractivity contribution in [1.82, 2.24) is 0 Å². The normalized spacial score (nSPS) is 38.3. The molecule has 0 bridgehead atoms. The number of hydrogen-bond donors (Lipinski definition) is 0. The molecule has 1 rings (SSSR count). The molecule has 3 unspecified atom stereocenters. The molecular weight excluding hydrogens is 219 g/mol. The Morgan fingerprint density at radius 1 is 1.24 bits per heavy atom. The van der Waals surface area contributed by atoms with Crippen molar-refractivity contribution in [3.8, 4) is 0 Å². The summed E-state index contributed by atoms with van der Waals surface area (Å²) in [5.41, 5.74) is -1.42. The minimum Gasteiger partial charge on any atom is -0.356 e. The van der Waals surface area contributed by atoms with Crippen molar-refractivity contribution < 1.29 is 13.9 Å². The van der Waals surface area contributed by atoms with Gasteiger partial charge in [0.15, 0.2) is 0 Å². The van der Waals surface area contributed by atoms with E-state index in [0.717, 1.165) is 12.8 Å². The summed E-state index contributed by atoms with van der Waals surface area (Å²) >= 11 is 0. The van der Waals surface area contributed by atoms with Crippen molar-refractivity contribution in [3.63, 3.8) is 0 Å². The molecule has 0 amide bonds. The van der Waals surface area contributed by atoms with Gasteiger partial charge in [-0.3, -0.25) is 0 Å². The second-order valence-electron chi connectivity index (χ2n) is 5.57.